The number of nitrogens with one attached hydrogen (secondary N) is 2. The van der Waals surface area contributed by atoms with E-state index in [-0.39, 0.29) is 30.0 Å². The summed E-state index contributed by atoms with van der Waals surface area (Å²) >= 11 is 0. The van der Waals surface area contributed by atoms with Crippen molar-refractivity contribution in [2.24, 2.45) is 0 Å². The van der Waals surface area contributed by atoms with Crippen molar-refractivity contribution in [1.82, 2.24) is 25.7 Å². The van der Waals surface area contributed by atoms with E-state index in [0.29, 0.717) is 5.56 Å². The highest BCUT2D eigenvalue weighted by Gasteiger charge is 2.23. The Morgan fingerprint density at radius 1 is 1.29 bits per heavy atom. The molecule has 0 aliphatic carbocycles. The third kappa shape index (κ3) is 4.13. The summed E-state index contributed by atoms with van der Waals surface area (Å²) in [6.07, 6.45) is 0. The summed E-state index contributed by atoms with van der Waals surface area (Å²) < 4.78 is 17.9. The Morgan fingerprint density at radius 3 is 2.54 bits per heavy atom. The number of halogens is 1. The van der Waals surface area contributed by atoms with Crippen molar-refractivity contribution in [3.63, 3.8) is 0 Å². The highest BCUT2D eigenvalue weighted by atomic mass is 19.1. The van der Waals surface area contributed by atoms with Crippen molar-refractivity contribution in [3.8, 4) is 0 Å². The summed E-state index contributed by atoms with van der Waals surface area (Å²) in [7, 11) is 4.93. The summed E-state index contributed by atoms with van der Waals surface area (Å²) in [4.78, 5) is 29.4. The van der Waals surface area contributed by atoms with Crippen LogP contribution in [0.3, 0.4) is 0 Å². The molecule has 0 bridgehead atoms. The number of hydrogen-bond donors (Lipinski definition) is 2. The summed E-state index contributed by atoms with van der Waals surface area (Å²) in [6.45, 7) is -0.0195. The van der Waals surface area contributed by atoms with Crippen LogP contribution in [-0.4, -0.2) is 48.0 Å². The van der Waals surface area contributed by atoms with Crippen LogP contribution in [-0.2, 0) is 11.3 Å². The zero-order valence-corrected chi connectivity index (χ0v) is 13.5. The number of likely N-dealkylation sites (N-methyl/N-ethyl adjacent to an activating group) is 1. The first-order valence-electron chi connectivity index (χ1n) is 7.16. The normalized spacial score (nSPS) is 12.0. The van der Waals surface area contributed by atoms with Crippen molar-refractivity contribution >= 4 is 11.8 Å². The molecule has 1 aromatic carbocycles. The lowest BCUT2D eigenvalue weighted by Gasteiger charge is -2.23. The number of nitrogens with zero attached hydrogens (tertiary/aromatic N) is 3. The molecule has 0 unspecified atom stereocenters. The topological polar surface area (TPSA) is 100 Å². The highest BCUT2D eigenvalue weighted by molar-refractivity contribution is 5.89. The number of aromatic nitrogens is 2. The second-order valence-electron chi connectivity index (χ2n) is 5.23. The molecule has 0 spiro atoms. The van der Waals surface area contributed by atoms with E-state index in [0.717, 1.165) is 0 Å². The molecule has 0 aliphatic heterocycles. The number of rotatable bonds is 6. The van der Waals surface area contributed by atoms with Crippen LogP contribution in [0.15, 0.2) is 28.8 Å². The van der Waals surface area contributed by atoms with E-state index in [1.807, 2.05) is 0 Å². The molecule has 0 radical (unpaired) electrons. The second-order valence-corrected chi connectivity index (χ2v) is 5.23. The van der Waals surface area contributed by atoms with Crippen molar-refractivity contribution in [2.75, 3.05) is 21.1 Å². The maximum Gasteiger partial charge on any atom is 0.292 e. The smallest absolute Gasteiger partial charge is 0.292 e. The van der Waals surface area contributed by atoms with Crippen molar-refractivity contribution in [3.05, 3.63) is 47.4 Å². The van der Waals surface area contributed by atoms with Crippen LogP contribution in [0.5, 0.6) is 0 Å². The zero-order valence-electron chi connectivity index (χ0n) is 13.5. The van der Waals surface area contributed by atoms with Gasteiger partial charge in [-0.1, -0.05) is 17.3 Å². The summed E-state index contributed by atoms with van der Waals surface area (Å²) in [5.74, 6) is -1.16. The van der Waals surface area contributed by atoms with Crippen LogP contribution >= 0.6 is 0 Å². The molecule has 1 heterocycles. The Bertz CT molecular complexity index is 714. The Hall–Kier alpha value is -2.81. The summed E-state index contributed by atoms with van der Waals surface area (Å²) in [5, 5.41) is 8.54. The molecule has 2 amide bonds. The molecule has 0 saturated heterocycles. The highest BCUT2D eigenvalue weighted by Crippen LogP contribution is 2.19. The SMILES string of the molecule is CNC(=O)c1noc(CNC(=O)[C@H](c2ccc(F)cc2)N(C)C)n1. The third-order valence-corrected chi connectivity index (χ3v) is 3.26. The maximum atomic E-state index is 13.0. The number of amides is 2. The molecule has 1 atom stereocenters. The van der Waals surface area contributed by atoms with Crippen LogP contribution in [0.4, 0.5) is 4.39 Å². The number of carbonyl (C=O) groups is 2. The summed E-state index contributed by atoms with van der Waals surface area (Å²) in [6, 6.07) is 5.10. The van der Waals surface area contributed by atoms with E-state index in [1.54, 1.807) is 31.1 Å². The average molecular weight is 335 g/mol. The van der Waals surface area contributed by atoms with Gasteiger partial charge < -0.3 is 15.2 Å². The first-order valence-corrected chi connectivity index (χ1v) is 7.16. The number of hydrogen-bond acceptors (Lipinski definition) is 6. The van der Waals surface area contributed by atoms with Gasteiger partial charge in [0.05, 0.1) is 6.54 Å². The maximum absolute atomic E-state index is 13.0. The van der Waals surface area contributed by atoms with Gasteiger partial charge >= 0.3 is 0 Å². The van der Waals surface area contributed by atoms with Gasteiger partial charge in [-0.25, -0.2) is 4.39 Å². The quantitative estimate of drug-likeness (QED) is 0.797. The molecule has 2 N–H and O–H groups in total. The Balaban J connectivity index is 2.04. The fourth-order valence-electron chi connectivity index (χ4n) is 2.12. The molecule has 128 valence electrons. The zero-order chi connectivity index (χ0) is 17.7. The molecule has 0 saturated carbocycles. The number of benzene rings is 1. The van der Waals surface area contributed by atoms with Crippen LogP contribution in [0, 0.1) is 5.82 Å². The van der Waals surface area contributed by atoms with Gasteiger partial charge in [0.25, 0.3) is 11.7 Å². The minimum atomic E-state index is -0.605. The lowest BCUT2D eigenvalue weighted by Crippen LogP contribution is -2.36. The second kappa shape index (κ2) is 7.64. The van der Waals surface area contributed by atoms with Crippen LogP contribution < -0.4 is 10.6 Å². The first kappa shape index (κ1) is 17.5. The molecular formula is C15H18FN5O3. The van der Waals surface area contributed by atoms with Gasteiger partial charge in [-0.05, 0) is 31.8 Å². The predicted molar refractivity (Wildman–Crippen MR) is 82.4 cm³/mol. The van der Waals surface area contributed by atoms with E-state index in [4.69, 9.17) is 4.52 Å². The minimum absolute atomic E-state index is 0.0195. The number of carbonyl (C=O) groups excluding carboxylic acids is 2. The molecule has 8 nitrogen and oxygen atoms in total. The van der Waals surface area contributed by atoms with Gasteiger partial charge in [-0.2, -0.15) is 4.98 Å². The van der Waals surface area contributed by atoms with Gasteiger partial charge in [-0.3, -0.25) is 14.5 Å². The predicted octanol–water partition coefficient (Wildman–Crippen LogP) is 0.487. The minimum Gasteiger partial charge on any atom is -0.352 e. The van der Waals surface area contributed by atoms with E-state index >= 15 is 0 Å². The molecule has 0 fully saturated rings. The standard InChI is InChI=1S/C15H18FN5O3/c1-17-15(23)13-19-11(24-20-13)8-18-14(22)12(21(2)3)9-4-6-10(16)7-5-9/h4-7,12H,8H2,1-3H3,(H,17,23)(H,18,22)/t12-/m0/s1. The van der Waals surface area contributed by atoms with Crippen molar-refractivity contribution < 1.29 is 18.5 Å². The van der Waals surface area contributed by atoms with Gasteiger partial charge in [0.2, 0.25) is 11.8 Å². The molecule has 24 heavy (non-hydrogen) atoms. The largest absolute Gasteiger partial charge is 0.352 e. The molecule has 0 aliphatic rings. The molecular weight excluding hydrogens is 317 g/mol. The molecule has 9 heteroatoms. The molecule has 2 rings (SSSR count). The van der Waals surface area contributed by atoms with Crippen molar-refractivity contribution in [1.29, 1.82) is 0 Å². The Labute approximate surface area is 138 Å². The van der Waals surface area contributed by atoms with Gasteiger partial charge in [0, 0.05) is 7.05 Å². The monoisotopic (exact) mass is 335 g/mol. The lowest BCUT2D eigenvalue weighted by molar-refractivity contribution is -0.126. The average Bonchev–Trinajstić information content (AvgIpc) is 3.03. The molecule has 1 aromatic heterocycles. The van der Waals surface area contributed by atoms with E-state index in [9.17, 15) is 14.0 Å². The first-order chi connectivity index (χ1) is 11.4. The summed E-state index contributed by atoms with van der Waals surface area (Å²) in [5.41, 5.74) is 0.649. The van der Waals surface area contributed by atoms with Crippen LogP contribution in [0.25, 0.3) is 0 Å². The third-order valence-electron chi connectivity index (χ3n) is 3.26. The van der Waals surface area contributed by atoms with Gasteiger partial charge in [-0.15, -0.1) is 0 Å². The van der Waals surface area contributed by atoms with E-state index in [2.05, 4.69) is 20.8 Å². The van der Waals surface area contributed by atoms with Gasteiger partial charge in [0.1, 0.15) is 11.9 Å². The van der Waals surface area contributed by atoms with E-state index in [1.165, 1.54) is 19.2 Å². The fourth-order valence-corrected chi connectivity index (χ4v) is 2.12. The van der Waals surface area contributed by atoms with Crippen LogP contribution in [0.1, 0.15) is 28.1 Å². The van der Waals surface area contributed by atoms with E-state index < -0.39 is 11.9 Å². The fraction of sp³-hybridized carbons (Fsp3) is 0.333. The van der Waals surface area contributed by atoms with Crippen LogP contribution in [0.2, 0.25) is 0 Å². The lowest BCUT2D eigenvalue weighted by atomic mass is 10.1. The Morgan fingerprint density at radius 2 is 1.96 bits per heavy atom. The van der Waals surface area contributed by atoms with Gasteiger partial charge in [0.15, 0.2) is 0 Å². The molecule has 2 aromatic rings. The Kier molecular flexibility index (Phi) is 5.59. The van der Waals surface area contributed by atoms with Crippen molar-refractivity contribution in [2.45, 2.75) is 12.6 Å².